The highest BCUT2D eigenvalue weighted by atomic mass is 16.5. The van der Waals surface area contributed by atoms with Crippen LogP contribution in [0, 0.1) is 0 Å². The maximum absolute atomic E-state index is 13.2. The molecule has 2 aliphatic heterocycles. The molecule has 2 N–H and O–H groups in total. The fourth-order valence-electron chi connectivity index (χ4n) is 4.43. The molecule has 2 aromatic carbocycles. The van der Waals surface area contributed by atoms with Crippen molar-refractivity contribution in [2.24, 2.45) is 0 Å². The van der Waals surface area contributed by atoms with Gasteiger partial charge in [-0.05, 0) is 36.6 Å². The Bertz CT molecular complexity index is 1040. The molecular weight excluding hydrogens is 434 g/mol. The van der Waals surface area contributed by atoms with E-state index in [0.29, 0.717) is 42.8 Å². The molecule has 3 amide bonds. The Labute approximate surface area is 199 Å². The average Bonchev–Trinajstić information content (AvgIpc) is 2.86. The molecule has 0 bridgehead atoms. The number of anilines is 1. The molecule has 2 aliphatic rings. The van der Waals surface area contributed by atoms with E-state index in [9.17, 15) is 14.4 Å². The topological polar surface area (TPSA) is 97.0 Å². The molecule has 0 unspecified atom stereocenters. The number of hydrogen-bond acceptors (Lipinski definition) is 5. The van der Waals surface area contributed by atoms with E-state index < -0.39 is 0 Å². The van der Waals surface area contributed by atoms with Crippen molar-refractivity contribution in [3.05, 3.63) is 59.7 Å². The number of fused-ring (bicyclic) bond motifs is 2. The number of ether oxygens (including phenoxy) is 2. The zero-order valence-electron chi connectivity index (χ0n) is 19.6. The van der Waals surface area contributed by atoms with Gasteiger partial charge in [-0.3, -0.25) is 14.4 Å². The SMILES string of the molecule is CCC(=O)Nc1ccc2c(c1)C(=O)N(C)[C@@H]1CC[C@H](CC(=O)NCc3ccccc3)O[C@@H]1CO2. The standard InChI is InChI=1S/C26H31N3O5/c1-3-24(30)28-18-9-12-22-20(13-18)26(32)29(2)21-11-10-19(34-23(21)16-33-22)14-25(31)27-15-17-7-5-4-6-8-17/h4-9,12-13,19,21,23H,3,10-11,14-16H2,1-2H3,(H,27,31)(H,28,30)/t19-,21-,23-/m1/s1. The second-order valence-corrected chi connectivity index (χ2v) is 8.75. The Morgan fingerprint density at radius 1 is 1.09 bits per heavy atom. The molecule has 2 aromatic rings. The highest BCUT2D eigenvalue weighted by Gasteiger charge is 2.39. The first-order valence-corrected chi connectivity index (χ1v) is 11.7. The predicted molar refractivity (Wildman–Crippen MR) is 128 cm³/mol. The Hall–Kier alpha value is -3.39. The van der Waals surface area contributed by atoms with Crippen molar-refractivity contribution in [2.75, 3.05) is 19.0 Å². The van der Waals surface area contributed by atoms with Crippen LogP contribution in [0.2, 0.25) is 0 Å². The highest BCUT2D eigenvalue weighted by molar-refractivity contribution is 5.99. The van der Waals surface area contributed by atoms with Gasteiger partial charge in [0.15, 0.2) is 0 Å². The normalized spacial score (nSPS) is 21.9. The summed E-state index contributed by atoms with van der Waals surface area (Å²) < 4.78 is 12.2. The summed E-state index contributed by atoms with van der Waals surface area (Å²) in [4.78, 5) is 39.1. The minimum atomic E-state index is -0.331. The summed E-state index contributed by atoms with van der Waals surface area (Å²) in [5.74, 6) is 0.0960. The molecule has 2 heterocycles. The summed E-state index contributed by atoms with van der Waals surface area (Å²) in [6.07, 6.45) is 1.46. The molecule has 1 saturated heterocycles. The Morgan fingerprint density at radius 3 is 2.65 bits per heavy atom. The van der Waals surface area contributed by atoms with Gasteiger partial charge in [-0.15, -0.1) is 0 Å². The van der Waals surface area contributed by atoms with Crippen LogP contribution < -0.4 is 15.4 Å². The first-order valence-electron chi connectivity index (χ1n) is 11.7. The summed E-state index contributed by atoms with van der Waals surface area (Å²) >= 11 is 0. The van der Waals surface area contributed by atoms with Crippen molar-refractivity contribution < 1.29 is 23.9 Å². The molecule has 1 fully saturated rings. The first kappa shape index (κ1) is 23.8. The van der Waals surface area contributed by atoms with E-state index in [-0.39, 0.29) is 49.0 Å². The molecule has 0 aromatic heterocycles. The van der Waals surface area contributed by atoms with Crippen LogP contribution in [0.4, 0.5) is 5.69 Å². The van der Waals surface area contributed by atoms with Crippen LogP contribution in [0.1, 0.15) is 48.5 Å². The van der Waals surface area contributed by atoms with Gasteiger partial charge in [0, 0.05) is 25.7 Å². The molecule has 8 nitrogen and oxygen atoms in total. The lowest BCUT2D eigenvalue weighted by Gasteiger charge is -2.42. The highest BCUT2D eigenvalue weighted by Crippen LogP contribution is 2.32. The number of hydrogen-bond donors (Lipinski definition) is 2. The van der Waals surface area contributed by atoms with Crippen LogP contribution in [-0.4, -0.2) is 54.5 Å². The van der Waals surface area contributed by atoms with E-state index in [0.717, 1.165) is 5.56 Å². The number of likely N-dealkylation sites (N-methyl/N-ethyl adjacent to an activating group) is 1. The summed E-state index contributed by atoms with van der Waals surface area (Å²) in [5.41, 5.74) is 2.02. The maximum Gasteiger partial charge on any atom is 0.257 e. The molecule has 0 aliphatic carbocycles. The van der Waals surface area contributed by atoms with Crippen LogP contribution in [0.3, 0.4) is 0 Å². The van der Waals surface area contributed by atoms with Crippen LogP contribution in [-0.2, 0) is 20.9 Å². The van der Waals surface area contributed by atoms with E-state index in [2.05, 4.69) is 10.6 Å². The zero-order valence-corrected chi connectivity index (χ0v) is 19.6. The Kier molecular flexibility index (Phi) is 7.47. The lowest BCUT2D eigenvalue weighted by Crippen LogP contribution is -2.53. The van der Waals surface area contributed by atoms with E-state index in [4.69, 9.17) is 9.47 Å². The third kappa shape index (κ3) is 5.56. The monoisotopic (exact) mass is 465 g/mol. The van der Waals surface area contributed by atoms with Crippen LogP contribution in [0.5, 0.6) is 5.75 Å². The smallest absolute Gasteiger partial charge is 0.257 e. The fraction of sp³-hybridized carbons (Fsp3) is 0.423. The van der Waals surface area contributed by atoms with E-state index in [1.54, 1.807) is 37.1 Å². The lowest BCUT2D eigenvalue weighted by atomic mass is 9.94. The molecule has 34 heavy (non-hydrogen) atoms. The molecule has 0 saturated carbocycles. The maximum atomic E-state index is 13.2. The van der Waals surface area contributed by atoms with Crippen LogP contribution >= 0.6 is 0 Å². The van der Waals surface area contributed by atoms with Gasteiger partial charge in [0.05, 0.1) is 24.1 Å². The van der Waals surface area contributed by atoms with Gasteiger partial charge in [-0.1, -0.05) is 37.3 Å². The molecule has 8 heteroatoms. The van der Waals surface area contributed by atoms with Gasteiger partial charge in [-0.2, -0.15) is 0 Å². The molecular formula is C26H31N3O5. The number of nitrogens with zero attached hydrogens (tertiary/aromatic N) is 1. The van der Waals surface area contributed by atoms with Crippen molar-refractivity contribution in [3.8, 4) is 5.75 Å². The third-order valence-electron chi connectivity index (χ3n) is 6.36. The summed E-state index contributed by atoms with van der Waals surface area (Å²) in [6, 6.07) is 14.7. The zero-order chi connectivity index (χ0) is 24.1. The quantitative estimate of drug-likeness (QED) is 0.683. The average molecular weight is 466 g/mol. The van der Waals surface area contributed by atoms with Gasteiger partial charge in [0.1, 0.15) is 18.5 Å². The second-order valence-electron chi connectivity index (χ2n) is 8.75. The second kappa shape index (κ2) is 10.7. The first-order chi connectivity index (χ1) is 16.4. The minimum Gasteiger partial charge on any atom is -0.490 e. The number of carbonyl (C=O) groups is 3. The molecule has 0 radical (unpaired) electrons. The third-order valence-corrected chi connectivity index (χ3v) is 6.36. The van der Waals surface area contributed by atoms with Gasteiger partial charge in [0.2, 0.25) is 11.8 Å². The molecule has 4 rings (SSSR count). The van der Waals surface area contributed by atoms with E-state index in [1.165, 1.54) is 0 Å². The van der Waals surface area contributed by atoms with Crippen molar-refractivity contribution in [1.82, 2.24) is 10.2 Å². The Balaban J connectivity index is 1.39. The summed E-state index contributed by atoms with van der Waals surface area (Å²) in [6.45, 7) is 2.53. The Morgan fingerprint density at radius 2 is 1.88 bits per heavy atom. The summed E-state index contributed by atoms with van der Waals surface area (Å²) in [7, 11) is 1.77. The van der Waals surface area contributed by atoms with Crippen LogP contribution in [0.15, 0.2) is 48.5 Å². The van der Waals surface area contributed by atoms with Gasteiger partial charge < -0.3 is 25.0 Å². The van der Waals surface area contributed by atoms with Crippen molar-refractivity contribution >= 4 is 23.4 Å². The number of amides is 3. The predicted octanol–water partition coefficient (Wildman–Crippen LogP) is 3.12. The van der Waals surface area contributed by atoms with Crippen molar-refractivity contribution in [2.45, 2.75) is 57.4 Å². The van der Waals surface area contributed by atoms with E-state index >= 15 is 0 Å². The molecule has 180 valence electrons. The number of benzene rings is 2. The minimum absolute atomic E-state index is 0.0597. The number of carbonyl (C=O) groups excluding carboxylic acids is 3. The van der Waals surface area contributed by atoms with Crippen molar-refractivity contribution in [1.29, 1.82) is 0 Å². The van der Waals surface area contributed by atoms with Gasteiger partial charge >= 0.3 is 0 Å². The van der Waals surface area contributed by atoms with Gasteiger partial charge in [-0.25, -0.2) is 0 Å². The largest absolute Gasteiger partial charge is 0.490 e. The van der Waals surface area contributed by atoms with Crippen molar-refractivity contribution in [3.63, 3.8) is 0 Å². The lowest BCUT2D eigenvalue weighted by molar-refractivity contribution is -0.134. The summed E-state index contributed by atoms with van der Waals surface area (Å²) in [5, 5.41) is 5.73. The van der Waals surface area contributed by atoms with Crippen LogP contribution in [0.25, 0.3) is 0 Å². The molecule has 0 spiro atoms. The van der Waals surface area contributed by atoms with Gasteiger partial charge in [0.25, 0.3) is 5.91 Å². The van der Waals surface area contributed by atoms with E-state index in [1.807, 2.05) is 30.3 Å². The number of rotatable bonds is 6. The molecule has 3 atom stereocenters. The fourth-order valence-corrected chi connectivity index (χ4v) is 4.43. The number of nitrogens with one attached hydrogen (secondary N) is 2.